The highest BCUT2D eigenvalue weighted by Gasteiger charge is 2.14. The number of nitrogens with one attached hydrogen (secondary N) is 1. The Hall–Kier alpha value is -2.87. The molecule has 108 valence electrons. The van der Waals surface area contributed by atoms with Crippen molar-refractivity contribution in [3.63, 3.8) is 0 Å². The first-order chi connectivity index (χ1) is 10.1. The van der Waals surface area contributed by atoms with Crippen LogP contribution in [0.5, 0.6) is 17.2 Å². The van der Waals surface area contributed by atoms with Crippen LogP contribution in [0.2, 0.25) is 0 Å². The molecule has 2 rings (SSSR count). The lowest BCUT2D eigenvalue weighted by Gasteiger charge is -2.18. The lowest BCUT2D eigenvalue weighted by molar-refractivity contribution is 0.368. The zero-order valence-electron chi connectivity index (χ0n) is 11.6. The Bertz CT molecular complexity index is 645. The minimum Gasteiger partial charge on any atom is -0.507 e. The Morgan fingerprint density at radius 1 is 1.19 bits per heavy atom. The number of hydrogen-bond donors (Lipinski definition) is 3. The molecular formula is C16H16N2O3. The monoisotopic (exact) mass is 284 g/mol. The summed E-state index contributed by atoms with van der Waals surface area (Å²) in [5.74, 6) is 0.647. The van der Waals surface area contributed by atoms with E-state index in [-0.39, 0.29) is 24.1 Å². The Labute approximate surface area is 123 Å². The SMILES string of the molecule is CC(Nc1cccc(OCC#N)c1)c1c(O)cccc1O. The molecule has 5 nitrogen and oxygen atoms in total. The molecule has 0 saturated heterocycles. The summed E-state index contributed by atoms with van der Waals surface area (Å²) in [6.45, 7) is 1.82. The van der Waals surface area contributed by atoms with E-state index < -0.39 is 0 Å². The van der Waals surface area contributed by atoms with Crippen LogP contribution in [0.3, 0.4) is 0 Å². The molecule has 1 unspecified atom stereocenters. The van der Waals surface area contributed by atoms with E-state index in [2.05, 4.69) is 5.32 Å². The maximum absolute atomic E-state index is 9.85. The van der Waals surface area contributed by atoms with Crippen molar-refractivity contribution in [3.05, 3.63) is 48.0 Å². The summed E-state index contributed by atoms with van der Waals surface area (Å²) in [4.78, 5) is 0. The van der Waals surface area contributed by atoms with Gasteiger partial charge in [0, 0.05) is 11.8 Å². The smallest absolute Gasteiger partial charge is 0.174 e. The lowest BCUT2D eigenvalue weighted by atomic mass is 10.1. The van der Waals surface area contributed by atoms with Crippen molar-refractivity contribution in [2.45, 2.75) is 13.0 Å². The van der Waals surface area contributed by atoms with E-state index in [4.69, 9.17) is 10.00 Å². The van der Waals surface area contributed by atoms with Gasteiger partial charge >= 0.3 is 0 Å². The number of benzene rings is 2. The molecule has 2 aromatic rings. The van der Waals surface area contributed by atoms with Gasteiger partial charge < -0.3 is 20.3 Å². The van der Waals surface area contributed by atoms with E-state index in [1.807, 2.05) is 19.1 Å². The van der Waals surface area contributed by atoms with Crippen molar-refractivity contribution in [1.29, 1.82) is 5.26 Å². The van der Waals surface area contributed by atoms with Gasteiger partial charge in [-0.15, -0.1) is 0 Å². The van der Waals surface area contributed by atoms with Gasteiger partial charge in [-0.2, -0.15) is 5.26 Å². The highest BCUT2D eigenvalue weighted by molar-refractivity contribution is 5.53. The molecule has 0 bridgehead atoms. The van der Waals surface area contributed by atoms with E-state index in [0.717, 1.165) is 5.69 Å². The second-order valence-corrected chi connectivity index (χ2v) is 4.55. The average molecular weight is 284 g/mol. The van der Waals surface area contributed by atoms with Crippen LogP contribution < -0.4 is 10.1 Å². The number of aromatic hydroxyl groups is 2. The van der Waals surface area contributed by atoms with Crippen molar-refractivity contribution in [1.82, 2.24) is 0 Å². The predicted molar refractivity (Wildman–Crippen MR) is 79.4 cm³/mol. The summed E-state index contributed by atoms with van der Waals surface area (Å²) in [6, 6.07) is 13.4. The van der Waals surface area contributed by atoms with Gasteiger partial charge in [0.1, 0.15) is 23.3 Å². The number of rotatable bonds is 5. The van der Waals surface area contributed by atoms with Crippen molar-refractivity contribution in [2.24, 2.45) is 0 Å². The summed E-state index contributed by atoms with van der Waals surface area (Å²) < 4.78 is 5.23. The molecule has 0 aliphatic heterocycles. The maximum Gasteiger partial charge on any atom is 0.174 e. The van der Waals surface area contributed by atoms with Gasteiger partial charge in [-0.1, -0.05) is 12.1 Å². The molecule has 0 saturated carbocycles. The third-order valence-corrected chi connectivity index (χ3v) is 3.01. The average Bonchev–Trinajstić information content (AvgIpc) is 2.45. The Kier molecular flexibility index (Phi) is 4.52. The number of hydrogen-bond acceptors (Lipinski definition) is 5. The van der Waals surface area contributed by atoms with Gasteiger partial charge in [-0.3, -0.25) is 0 Å². The van der Waals surface area contributed by atoms with Crippen LogP contribution in [0.4, 0.5) is 5.69 Å². The summed E-state index contributed by atoms with van der Waals surface area (Å²) in [7, 11) is 0. The highest BCUT2D eigenvalue weighted by atomic mass is 16.5. The number of nitrogens with zero attached hydrogens (tertiary/aromatic N) is 1. The van der Waals surface area contributed by atoms with Crippen LogP contribution in [0.1, 0.15) is 18.5 Å². The largest absolute Gasteiger partial charge is 0.507 e. The quantitative estimate of drug-likeness (QED) is 0.785. The van der Waals surface area contributed by atoms with Crippen LogP contribution in [0, 0.1) is 11.3 Å². The zero-order chi connectivity index (χ0) is 15.2. The number of ether oxygens (including phenoxy) is 1. The van der Waals surface area contributed by atoms with E-state index >= 15 is 0 Å². The fraction of sp³-hybridized carbons (Fsp3) is 0.188. The molecule has 5 heteroatoms. The predicted octanol–water partition coefficient (Wildman–Crippen LogP) is 3.17. The fourth-order valence-corrected chi connectivity index (χ4v) is 2.10. The summed E-state index contributed by atoms with van der Waals surface area (Å²) in [6.07, 6.45) is 0. The minimum absolute atomic E-state index is 0.0146. The molecule has 0 aliphatic carbocycles. The Morgan fingerprint density at radius 2 is 1.86 bits per heavy atom. The molecule has 21 heavy (non-hydrogen) atoms. The van der Waals surface area contributed by atoms with Gasteiger partial charge in [-0.05, 0) is 31.2 Å². The molecular weight excluding hydrogens is 268 g/mol. The van der Waals surface area contributed by atoms with Gasteiger partial charge in [0.15, 0.2) is 6.61 Å². The Balaban J connectivity index is 2.16. The first-order valence-corrected chi connectivity index (χ1v) is 6.49. The normalized spacial score (nSPS) is 11.4. The molecule has 0 amide bonds. The van der Waals surface area contributed by atoms with Crippen LogP contribution in [-0.4, -0.2) is 16.8 Å². The van der Waals surface area contributed by atoms with Crippen molar-refractivity contribution in [3.8, 4) is 23.3 Å². The van der Waals surface area contributed by atoms with E-state index in [0.29, 0.717) is 11.3 Å². The molecule has 0 aromatic heterocycles. The van der Waals surface area contributed by atoms with Crippen molar-refractivity contribution in [2.75, 3.05) is 11.9 Å². The molecule has 3 N–H and O–H groups in total. The molecule has 0 heterocycles. The summed E-state index contributed by atoms with van der Waals surface area (Å²) >= 11 is 0. The number of nitriles is 1. The number of phenols is 2. The second kappa shape index (κ2) is 6.53. The second-order valence-electron chi connectivity index (χ2n) is 4.55. The van der Waals surface area contributed by atoms with Crippen LogP contribution in [-0.2, 0) is 0 Å². The standard InChI is InChI=1S/C16H16N2O3/c1-11(16-14(19)6-3-7-15(16)20)18-12-4-2-5-13(10-12)21-9-8-17/h2-7,10-11,18-20H,9H2,1H3. The van der Waals surface area contributed by atoms with Crippen LogP contribution >= 0.6 is 0 Å². The molecule has 0 radical (unpaired) electrons. The first-order valence-electron chi connectivity index (χ1n) is 6.49. The molecule has 0 spiro atoms. The fourth-order valence-electron chi connectivity index (χ4n) is 2.10. The minimum atomic E-state index is -0.294. The number of anilines is 1. The molecule has 1 atom stereocenters. The van der Waals surface area contributed by atoms with Crippen molar-refractivity contribution >= 4 is 5.69 Å². The third kappa shape index (κ3) is 3.57. The van der Waals surface area contributed by atoms with Crippen molar-refractivity contribution < 1.29 is 14.9 Å². The molecule has 2 aromatic carbocycles. The summed E-state index contributed by atoms with van der Waals surface area (Å²) in [5.41, 5.74) is 1.20. The maximum atomic E-state index is 9.85. The van der Waals surface area contributed by atoms with Gasteiger partial charge in [-0.25, -0.2) is 0 Å². The topological polar surface area (TPSA) is 85.5 Å². The Morgan fingerprint density at radius 3 is 2.52 bits per heavy atom. The molecule has 0 fully saturated rings. The van der Waals surface area contributed by atoms with Gasteiger partial charge in [0.25, 0.3) is 0 Å². The van der Waals surface area contributed by atoms with Crippen LogP contribution in [0.15, 0.2) is 42.5 Å². The summed E-state index contributed by atoms with van der Waals surface area (Å²) in [5, 5.41) is 31.4. The van der Waals surface area contributed by atoms with E-state index in [1.54, 1.807) is 24.3 Å². The lowest BCUT2D eigenvalue weighted by Crippen LogP contribution is -2.07. The first kappa shape index (κ1) is 14.5. The third-order valence-electron chi connectivity index (χ3n) is 3.01. The van der Waals surface area contributed by atoms with E-state index in [1.165, 1.54) is 12.1 Å². The highest BCUT2D eigenvalue weighted by Crippen LogP contribution is 2.34. The van der Waals surface area contributed by atoms with Gasteiger partial charge in [0.05, 0.1) is 11.6 Å². The number of phenolic OH excluding ortho intramolecular Hbond substituents is 2. The van der Waals surface area contributed by atoms with E-state index in [9.17, 15) is 10.2 Å². The zero-order valence-corrected chi connectivity index (χ0v) is 11.6. The van der Waals surface area contributed by atoms with Crippen LogP contribution in [0.25, 0.3) is 0 Å². The molecule has 0 aliphatic rings. The van der Waals surface area contributed by atoms with Gasteiger partial charge in [0.2, 0.25) is 0 Å².